The normalized spacial score (nSPS) is 31.1. The summed E-state index contributed by atoms with van der Waals surface area (Å²) in [6.45, 7) is 3.41. The molecule has 2 saturated carbocycles. The van der Waals surface area contributed by atoms with E-state index >= 15 is 0 Å². The van der Waals surface area contributed by atoms with E-state index in [1.807, 2.05) is 4.90 Å². The third kappa shape index (κ3) is 2.91. The first kappa shape index (κ1) is 12.9. The molecule has 2 atom stereocenters. The lowest BCUT2D eigenvalue weighted by Crippen LogP contribution is -2.50. The Morgan fingerprint density at radius 1 is 1.16 bits per heavy atom. The summed E-state index contributed by atoms with van der Waals surface area (Å²) in [6, 6.07) is 0. The summed E-state index contributed by atoms with van der Waals surface area (Å²) in [4.78, 5) is 27.5. The molecule has 1 saturated heterocycles. The van der Waals surface area contributed by atoms with Crippen molar-refractivity contribution >= 4 is 11.9 Å². The molecule has 3 rings (SSSR count). The van der Waals surface area contributed by atoms with Gasteiger partial charge in [0.2, 0.25) is 5.91 Å². The Hall–Kier alpha value is -1.10. The van der Waals surface area contributed by atoms with Crippen molar-refractivity contribution in [2.45, 2.75) is 19.3 Å². The van der Waals surface area contributed by atoms with Gasteiger partial charge in [-0.15, -0.1) is 0 Å². The van der Waals surface area contributed by atoms with Gasteiger partial charge in [0.15, 0.2) is 0 Å². The van der Waals surface area contributed by atoms with Gasteiger partial charge in [0.05, 0.1) is 13.7 Å². The van der Waals surface area contributed by atoms with Crippen molar-refractivity contribution in [1.82, 2.24) is 9.80 Å². The second kappa shape index (κ2) is 5.12. The van der Waals surface area contributed by atoms with E-state index in [1.165, 1.54) is 20.0 Å². The Balaban J connectivity index is 1.42. The Bertz CT molecular complexity index is 373. The Morgan fingerprint density at radius 3 is 2.42 bits per heavy atom. The van der Waals surface area contributed by atoms with E-state index in [1.54, 1.807) is 0 Å². The van der Waals surface area contributed by atoms with Crippen molar-refractivity contribution in [3.8, 4) is 0 Å². The maximum atomic E-state index is 12.3. The third-order valence-electron chi connectivity index (χ3n) is 4.65. The number of carbonyl (C=O) groups is 2. The monoisotopic (exact) mass is 266 g/mol. The van der Waals surface area contributed by atoms with Gasteiger partial charge in [0.1, 0.15) is 0 Å². The molecule has 1 heterocycles. The van der Waals surface area contributed by atoms with Crippen LogP contribution in [0.4, 0.5) is 0 Å². The van der Waals surface area contributed by atoms with Crippen LogP contribution in [0.2, 0.25) is 0 Å². The van der Waals surface area contributed by atoms with Gasteiger partial charge in [0, 0.05) is 32.1 Å². The van der Waals surface area contributed by atoms with Gasteiger partial charge < -0.3 is 9.64 Å². The SMILES string of the molecule is COC(=O)CN1CCN(C(=O)[C@H]2C[C@H]2C2CC2)CC1. The number of piperazine rings is 1. The number of hydrogen-bond acceptors (Lipinski definition) is 4. The molecule has 5 nitrogen and oxygen atoms in total. The molecule has 2 aliphatic carbocycles. The summed E-state index contributed by atoms with van der Waals surface area (Å²) in [6.07, 6.45) is 3.79. The molecule has 1 amide bonds. The van der Waals surface area contributed by atoms with E-state index in [0.717, 1.165) is 38.5 Å². The summed E-state index contributed by atoms with van der Waals surface area (Å²) < 4.78 is 4.66. The van der Waals surface area contributed by atoms with Crippen LogP contribution in [0.3, 0.4) is 0 Å². The molecule has 0 unspecified atom stereocenters. The first-order valence-corrected chi connectivity index (χ1v) is 7.27. The van der Waals surface area contributed by atoms with E-state index in [-0.39, 0.29) is 5.97 Å². The number of carbonyl (C=O) groups excluding carboxylic acids is 2. The molecule has 5 heteroatoms. The fraction of sp³-hybridized carbons (Fsp3) is 0.857. The average Bonchev–Trinajstić information content (AvgIpc) is 3.29. The minimum atomic E-state index is -0.198. The van der Waals surface area contributed by atoms with Crippen LogP contribution in [0.5, 0.6) is 0 Å². The fourth-order valence-corrected chi connectivity index (χ4v) is 3.15. The Labute approximate surface area is 113 Å². The van der Waals surface area contributed by atoms with Crippen molar-refractivity contribution in [3.63, 3.8) is 0 Å². The van der Waals surface area contributed by atoms with E-state index in [9.17, 15) is 9.59 Å². The highest BCUT2D eigenvalue weighted by atomic mass is 16.5. The number of esters is 1. The first-order valence-electron chi connectivity index (χ1n) is 7.27. The minimum absolute atomic E-state index is 0.198. The lowest BCUT2D eigenvalue weighted by molar-refractivity contribution is -0.142. The number of ether oxygens (including phenoxy) is 1. The van der Waals surface area contributed by atoms with Gasteiger partial charge in [-0.3, -0.25) is 14.5 Å². The standard InChI is InChI=1S/C14H22N2O3/c1-19-13(17)9-15-4-6-16(7-5-15)14(18)12-8-11(12)10-2-3-10/h10-12H,2-9H2,1H3/t11-,12-/m0/s1. The van der Waals surface area contributed by atoms with Crippen LogP contribution in [0.1, 0.15) is 19.3 Å². The molecular formula is C14H22N2O3. The van der Waals surface area contributed by atoms with Crippen LogP contribution in [0.25, 0.3) is 0 Å². The van der Waals surface area contributed by atoms with Gasteiger partial charge in [-0.1, -0.05) is 0 Å². The third-order valence-corrected chi connectivity index (χ3v) is 4.65. The average molecular weight is 266 g/mol. The number of hydrogen-bond donors (Lipinski definition) is 0. The van der Waals surface area contributed by atoms with Crippen molar-refractivity contribution in [2.75, 3.05) is 39.8 Å². The molecule has 0 aromatic heterocycles. The zero-order chi connectivity index (χ0) is 13.4. The van der Waals surface area contributed by atoms with E-state index < -0.39 is 0 Å². The highest BCUT2D eigenvalue weighted by molar-refractivity contribution is 5.82. The second-order valence-electron chi connectivity index (χ2n) is 6.02. The number of rotatable bonds is 4. The van der Waals surface area contributed by atoms with Crippen LogP contribution in [0, 0.1) is 17.8 Å². The molecule has 0 bridgehead atoms. The van der Waals surface area contributed by atoms with E-state index in [0.29, 0.717) is 24.3 Å². The predicted octanol–water partition coefficient (Wildman–Crippen LogP) is 0.350. The van der Waals surface area contributed by atoms with Crippen LogP contribution >= 0.6 is 0 Å². The van der Waals surface area contributed by atoms with Gasteiger partial charge in [-0.05, 0) is 31.1 Å². The maximum absolute atomic E-state index is 12.3. The van der Waals surface area contributed by atoms with Gasteiger partial charge in [-0.2, -0.15) is 0 Å². The summed E-state index contributed by atoms with van der Waals surface area (Å²) in [5.41, 5.74) is 0. The Kier molecular flexibility index (Phi) is 3.48. The number of methoxy groups -OCH3 is 1. The van der Waals surface area contributed by atoms with Crippen molar-refractivity contribution in [1.29, 1.82) is 0 Å². The molecule has 0 N–H and O–H groups in total. The molecule has 0 radical (unpaired) electrons. The first-order chi connectivity index (χ1) is 9.19. The smallest absolute Gasteiger partial charge is 0.319 e. The van der Waals surface area contributed by atoms with Crippen molar-refractivity contribution < 1.29 is 14.3 Å². The van der Waals surface area contributed by atoms with Crippen molar-refractivity contribution in [2.24, 2.45) is 17.8 Å². The van der Waals surface area contributed by atoms with Crippen LogP contribution in [-0.2, 0) is 14.3 Å². The molecule has 106 valence electrons. The van der Waals surface area contributed by atoms with E-state index in [2.05, 4.69) is 9.64 Å². The lowest BCUT2D eigenvalue weighted by atomic mass is 10.2. The molecule has 1 aliphatic heterocycles. The van der Waals surface area contributed by atoms with Crippen LogP contribution in [-0.4, -0.2) is 61.5 Å². The minimum Gasteiger partial charge on any atom is -0.468 e. The summed E-state index contributed by atoms with van der Waals surface area (Å²) in [5.74, 6) is 2.03. The number of nitrogens with zero attached hydrogens (tertiary/aromatic N) is 2. The molecule has 0 aromatic rings. The molecular weight excluding hydrogens is 244 g/mol. The largest absolute Gasteiger partial charge is 0.468 e. The zero-order valence-electron chi connectivity index (χ0n) is 11.5. The summed E-state index contributed by atoms with van der Waals surface area (Å²) in [5, 5.41) is 0. The summed E-state index contributed by atoms with van der Waals surface area (Å²) in [7, 11) is 1.41. The molecule has 0 aromatic carbocycles. The molecule has 19 heavy (non-hydrogen) atoms. The summed E-state index contributed by atoms with van der Waals surface area (Å²) >= 11 is 0. The quantitative estimate of drug-likeness (QED) is 0.689. The van der Waals surface area contributed by atoms with Gasteiger partial charge >= 0.3 is 5.97 Å². The van der Waals surface area contributed by atoms with Crippen molar-refractivity contribution in [3.05, 3.63) is 0 Å². The van der Waals surface area contributed by atoms with Crippen LogP contribution in [0.15, 0.2) is 0 Å². The Morgan fingerprint density at radius 2 is 1.84 bits per heavy atom. The zero-order valence-corrected chi connectivity index (χ0v) is 11.5. The van der Waals surface area contributed by atoms with E-state index in [4.69, 9.17) is 0 Å². The second-order valence-corrected chi connectivity index (χ2v) is 6.02. The fourth-order valence-electron chi connectivity index (χ4n) is 3.15. The number of amides is 1. The maximum Gasteiger partial charge on any atom is 0.319 e. The van der Waals surface area contributed by atoms with Crippen LogP contribution < -0.4 is 0 Å². The lowest BCUT2D eigenvalue weighted by Gasteiger charge is -2.34. The topological polar surface area (TPSA) is 49.9 Å². The molecule has 0 spiro atoms. The predicted molar refractivity (Wildman–Crippen MR) is 69.4 cm³/mol. The van der Waals surface area contributed by atoms with Gasteiger partial charge in [-0.25, -0.2) is 0 Å². The van der Waals surface area contributed by atoms with Gasteiger partial charge in [0.25, 0.3) is 0 Å². The highest BCUT2D eigenvalue weighted by Gasteiger charge is 2.52. The highest BCUT2D eigenvalue weighted by Crippen LogP contribution is 2.54. The molecule has 3 fully saturated rings. The molecule has 3 aliphatic rings.